The lowest BCUT2D eigenvalue weighted by Crippen LogP contribution is -2.27. The van der Waals surface area contributed by atoms with Gasteiger partial charge in [0, 0.05) is 24.5 Å². The molecule has 0 aliphatic carbocycles. The number of nitrogens with one attached hydrogen (secondary N) is 1. The van der Waals surface area contributed by atoms with Gasteiger partial charge < -0.3 is 14.8 Å². The summed E-state index contributed by atoms with van der Waals surface area (Å²) in [5.41, 5.74) is 0.932. The van der Waals surface area contributed by atoms with E-state index in [-0.39, 0.29) is 18.2 Å². The molecule has 1 N–H and O–H groups in total. The average Bonchev–Trinajstić information content (AvgIpc) is 3.23. The second-order valence-corrected chi connectivity index (χ2v) is 5.97. The average molecular weight is 358 g/mol. The molecule has 0 unspecified atom stereocenters. The fourth-order valence-corrected chi connectivity index (χ4v) is 3.13. The summed E-state index contributed by atoms with van der Waals surface area (Å²) in [7, 11) is 1.43. The van der Waals surface area contributed by atoms with Crippen molar-refractivity contribution in [3.05, 3.63) is 34.8 Å². The fourth-order valence-electron chi connectivity index (χ4n) is 2.28. The number of urea groups is 1. The quantitative estimate of drug-likeness (QED) is 0.644. The molecule has 0 spiro atoms. The van der Waals surface area contributed by atoms with Crippen LogP contribution in [0.25, 0.3) is 0 Å². The number of ether oxygens (including phenoxy) is 2. The van der Waals surface area contributed by atoms with Gasteiger partial charge >= 0.3 is 12.0 Å². The Kier molecular flexibility index (Phi) is 4.81. The molecule has 3 rings (SSSR count). The minimum atomic E-state index is -0.509. The third kappa shape index (κ3) is 3.70. The monoisotopic (exact) mass is 358 g/mol. The number of esters is 1. The first-order valence-corrected chi connectivity index (χ1v) is 8.27. The number of rotatable bonds is 5. The van der Waals surface area contributed by atoms with Crippen molar-refractivity contribution in [2.45, 2.75) is 6.42 Å². The predicted octanol–water partition coefficient (Wildman–Crippen LogP) is 1.70. The largest absolute Gasteiger partial charge is 0.493 e. The summed E-state index contributed by atoms with van der Waals surface area (Å²) in [6.07, 6.45) is -0.0326. The van der Waals surface area contributed by atoms with E-state index < -0.39 is 5.97 Å². The van der Waals surface area contributed by atoms with E-state index in [4.69, 9.17) is 14.7 Å². The minimum absolute atomic E-state index is 0.0326. The van der Waals surface area contributed by atoms with Crippen LogP contribution >= 0.6 is 11.3 Å². The van der Waals surface area contributed by atoms with E-state index in [9.17, 15) is 9.59 Å². The number of benzene rings is 1. The maximum absolute atomic E-state index is 12.1. The van der Waals surface area contributed by atoms with Gasteiger partial charge in [0.2, 0.25) is 0 Å². The number of amides is 2. The van der Waals surface area contributed by atoms with Crippen LogP contribution in [0.1, 0.15) is 11.3 Å². The topological polar surface area (TPSA) is 105 Å². The number of carbonyl (C=O) groups excluding carboxylic acids is 2. The third-order valence-corrected chi connectivity index (χ3v) is 4.38. The zero-order valence-corrected chi connectivity index (χ0v) is 14.1. The Morgan fingerprint density at radius 3 is 3.00 bits per heavy atom. The SMILES string of the molecule is COc1cc(C#N)ccc1OC(=O)Cc1csc(N2CCNC2=O)n1. The first-order chi connectivity index (χ1) is 12.1. The van der Waals surface area contributed by atoms with E-state index in [1.807, 2.05) is 6.07 Å². The summed E-state index contributed by atoms with van der Waals surface area (Å²) in [6.45, 7) is 1.13. The van der Waals surface area contributed by atoms with Gasteiger partial charge in [-0.25, -0.2) is 9.78 Å². The van der Waals surface area contributed by atoms with Crippen LogP contribution in [0.15, 0.2) is 23.6 Å². The zero-order valence-electron chi connectivity index (χ0n) is 13.3. The first kappa shape index (κ1) is 16.7. The van der Waals surface area contributed by atoms with E-state index in [0.717, 1.165) is 0 Å². The number of methoxy groups -OCH3 is 1. The Hall–Kier alpha value is -3.12. The highest BCUT2D eigenvalue weighted by Crippen LogP contribution is 2.28. The lowest BCUT2D eigenvalue weighted by molar-refractivity contribution is -0.133. The van der Waals surface area contributed by atoms with Crippen LogP contribution in [-0.4, -0.2) is 37.2 Å². The van der Waals surface area contributed by atoms with Crippen molar-refractivity contribution in [2.24, 2.45) is 0 Å². The molecule has 0 radical (unpaired) electrons. The fraction of sp³-hybridized carbons (Fsp3) is 0.250. The molecular weight excluding hydrogens is 344 g/mol. The normalized spacial score (nSPS) is 13.3. The third-order valence-electron chi connectivity index (χ3n) is 3.47. The minimum Gasteiger partial charge on any atom is -0.493 e. The summed E-state index contributed by atoms with van der Waals surface area (Å²) in [4.78, 5) is 29.6. The molecule has 1 aliphatic rings. The van der Waals surface area contributed by atoms with Gasteiger partial charge in [-0.3, -0.25) is 9.69 Å². The lowest BCUT2D eigenvalue weighted by Gasteiger charge is -2.09. The number of hydrogen-bond acceptors (Lipinski definition) is 7. The molecule has 1 saturated heterocycles. The second-order valence-electron chi connectivity index (χ2n) is 5.13. The molecule has 2 aromatic rings. The molecule has 0 saturated carbocycles. The molecule has 8 nitrogen and oxygen atoms in total. The van der Waals surface area contributed by atoms with Gasteiger partial charge in [0.25, 0.3) is 0 Å². The maximum atomic E-state index is 12.1. The number of thiazole rings is 1. The van der Waals surface area contributed by atoms with Crippen molar-refractivity contribution < 1.29 is 19.1 Å². The van der Waals surface area contributed by atoms with Crippen LogP contribution in [0, 0.1) is 11.3 Å². The predicted molar refractivity (Wildman–Crippen MR) is 89.9 cm³/mol. The molecule has 0 atom stereocenters. The van der Waals surface area contributed by atoms with Crippen molar-refractivity contribution in [3.8, 4) is 17.6 Å². The maximum Gasteiger partial charge on any atom is 0.323 e. The smallest absolute Gasteiger partial charge is 0.323 e. The Labute approximate surface area is 147 Å². The van der Waals surface area contributed by atoms with Crippen molar-refractivity contribution in [2.75, 3.05) is 25.1 Å². The van der Waals surface area contributed by atoms with Crippen LogP contribution in [0.4, 0.5) is 9.93 Å². The highest BCUT2D eigenvalue weighted by molar-refractivity contribution is 7.14. The number of nitriles is 1. The highest BCUT2D eigenvalue weighted by atomic mass is 32.1. The number of hydrogen-bond donors (Lipinski definition) is 1. The van der Waals surface area contributed by atoms with Gasteiger partial charge in [-0.15, -0.1) is 11.3 Å². The molecule has 2 heterocycles. The van der Waals surface area contributed by atoms with Crippen molar-refractivity contribution in [3.63, 3.8) is 0 Å². The lowest BCUT2D eigenvalue weighted by atomic mass is 10.2. The molecule has 1 fully saturated rings. The van der Waals surface area contributed by atoms with Gasteiger partial charge in [-0.1, -0.05) is 0 Å². The first-order valence-electron chi connectivity index (χ1n) is 7.39. The van der Waals surface area contributed by atoms with Crippen molar-refractivity contribution >= 4 is 28.5 Å². The van der Waals surface area contributed by atoms with Crippen LogP contribution < -0.4 is 19.7 Å². The molecule has 1 aromatic carbocycles. The molecule has 1 aromatic heterocycles. The van der Waals surface area contributed by atoms with Crippen LogP contribution in [0.3, 0.4) is 0 Å². The Bertz CT molecular complexity index is 858. The molecule has 0 bridgehead atoms. The Morgan fingerprint density at radius 2 is 2.32 bits per heavy atom. The van der Waals surface area contributed by atoms with E-state index >= 15 is 0 Å². The Morgan fingerprint density at radius 1 is 1.48 bits per heavy atom. The number of aromatic nitrogens is 1. The van der Waals surface area contributed by atoms with Gasteiger partial charge in [0.1, 0.15) is 0 Å². The van der Waals surface area contributed by atoms with Crippen LogP contribution in [0.2, 0.25) is 0 Å². The summed E-state index contributed by atoms with van der Waals surface area (Å²) >= 11 is 1.30. The molecular formula is C16H14N4O4S. The number of carbonyl (C=O) groups is 2. The molecule has 9 heteroatoms. The summed E-state index contributed by atoms with van der Waals surface area (Å²) in [6, 6.07) is 6.35. The summed E-state index contributed by atoms with van der Waals surface area (Å²) in [5, 5.41) is 13.9. The summed E-state index contributed by atoms with van der Waals surface area (Å²) < 4.78 is 10.4. The highest BCUT2D eigenvalue weighted by Gasteiger charge is 2.24. The van der Waals surface area contributed by atoms with E-state index in [2.05, 4.69) is 10.3 Å². The second kappa shape index (κ2) is 7.19. The Balaban J connectivity index is 1.66. The summed E-state index contributed by atoms with van der Waals surface area (Å²) in [5.74, 6) is 0.0340. The van der Waals surface area contributed by atoms with Gasteiger partial charge in [-0.2, -0.15) is 5.26 Å². The standard InChI is InChI=1S/C16H14N4O4S/c1-23-13-6-10(8-17)2-3-12(13)24-14(21)7-11-9-25-16(19-11)20-5-4-18-15(20)22/h2-3,6,9H,4-5,7H2,1H3,(H,18,22). The molecule has 25 heavy (non-hydrogen) atoms. The zero-order chi connectivity index (χ0) is 17.8. The molecule has 1 aliphatic heterocycles. The van der Waals surface area contributed by atoms with E-state index in [1.165, 1.54) is 41.5 Å². The van der Waals surface area contributed by atoms with Crippen LogP contribution in [0.5, 0.6) is 11.5 Å². The van der Waals surface area contributed by atoms with Crippen LogP contribution in [-0.2, 0) is 11.2 Å². The van der Waals surface area contributed by atoms with E-state index in [1.54, 1.807) is 5.38 Å². The van der Waals surface area contributed by atoms with Gasteiger partial charge in [0.05, 0.1) is 30.9 Å². The van der Waals surface area contributed by atoms with Gasteiger partial charge in [-0.05, 0) is 12.1 Å². The van der Waals surface area contributed by atoms with Crippen molar-refractivity contribution in [1.29, 1.82) is 5.26 Å². The molecule has 128 valence electrons. The van der Waals surface area contributed by atoms with Gasteiger partial charge in [0.15, 0.2) is 16.6 Å². The van der Waals surface area contributed by atoms with Crippen molar-refractivity contribution in [1.82, 2.24) is 10.3 Å². The number of nitrogens with zero attached hydrogens (tertiary/aromatic N) is 3. The van der Waals surface area contributed by atoms with E-state index in [0.29, 0.717) is 35.2 Å². The number of anilines is 1. The molecule has 2 amide bonds.